The highest BCUT2D eigenvalue weighted by molar-refractivity contribution is 5.47. The molecule has 3 heteroatoms. The van der Waals surface area contributed by atoms with Gasteiger partial charge in [0.25, 0.3) is 0 Å². The van der Waals surface area contributed by atoms with E-state index in [9.17, 15) is 0 Å². The first-order valence-corrected chi connectivity index (χ1v) is 7.06. The molecule has 3 nitrogen and oxygen atoms in total. The van der Waals surface area contributed by atoms with Crippen molar-refractivity contribution in [1.29, 1.82) is 5.26 Å². The average molecular weight is 258 g/mol. The Hall–Kier alpha value is -1.53. The van der Waals surface area contributed by atoms with Crippen LogP contribution in [0.5, 0.6) is 5.75 Å². The molecule has 1 aliphatic carbocycles. The second kappa shape index (κ2) is 6.08. The van der Waals surface area contributed by atoms with Crippen molar-refractivity contribution >= 4 is 0 Å². The van der Waals surface area contributed by atoms with Crippen molar-refractivity contribution in [1.82, 2.24) is 0 Å². The molecule has 19 heavy (non-hydrogen) atoms. The van der Waals surface area contributed by atoms with Crippen molar-refractivity contribution in [3.8, 4) is 11.8 Å². The number of nitriles is 1. The Kier molecular flexibility index (Phi) is 4.44. The molecule has 2 rings (SSSR count). The molecule has 0 amide bonds. The SMILES string of the molecule is Cc1cccc(C#N)c1OCC1(N)CCCCCC1. The first-order valence-electron chi connectivity index (χ1n) is 7.06. The van der Waals surface area contributed by atoms with Gasteiger partial charge in [-0.25, -0.2) is 0 Å². The van der Waals surface area contributed by atoms with E-state index in [4.69, 9.17) is 15.7 Å². The van der Waals surface area contributed by atoms with Gasteiger partial charge in [0, 0.05) is 0 Å². The predicted octanol–water partition coefficient (Wildman–Crippen LogP) is 3.30. The number of benzene rings is 1. The lowest BCUT2D eigenvalue weighted by molar-refractivity contribution is 0.198. The molecule has 102 valence electrons. The summed E-state index contributed by atoms with van der Waals surface area (Å²) in [6.07, 6.45) is 6.93. The molecule has 1 aliphatic rings. The van der Waals surface area contributed by atoms with E-state index in [0.29, 0.717) is 17.9 Å². The molecule has 0 heterocycles. The fourth-order valence-corrected chi connectivity index (χ4v) is 2.73. The molecule has 0 aromatic heterocycles. The van der Waals surface area contributed by atoms with Gasteiger partial charge < -0.3 is 10.5 Å². The van der Waals surface area contributed by atoms with E-state index >= 15 is 0 Å². The van der Waals surface area contributed by atoms with Crippen LogP contribution in [0.2, 0.25) is 0 Å². The van der Waals surface area contributed by atoms with Crippen molar-refractivity contribution in [3.63, 3.8) is 0 Å². The van der Waals surface area contributed by atoms with Crippen molar-refractivity contribution in [3.05, 3.63) is 29.3 Å². The van der Waals surface area contributed by atoms with Gasteiger partial charge in [-0.05, 0) is 31.4 Å². The number of hydrogen-bond donors (Lipinski definition) is 1. The minimum absolute atomic E-state index is 0.231. The van der Waals surface area contributed by atoms with Crippen molar-refractivity contribution in [2.24, 2.45) is 5.73 Å². The van der Waals surface area contributed by atoms with Crippen LogP contribution in [0.3, 0.4) is 0 Å². The lowest BCUT2D eigenvalue weighted by atomic mass is 9.92. The summed E-state index contributed by atoms with van der Waals surface area (Å²) in [4.78, 5) is 0. The summed E-state index contributed by atoms with van der Waals surface area (Å²) >= 11 is 0. The summed E-state index contributed by atoms with van der Waals surface area (Å²) in [7, 11) is 0. The molecule has 0 unspecified atom stereocenters. The van der Waals surface area contributed by atoms with Gasteiger partial charge >= 0.3 is 0 Å². The third-order valence-corrected chi connectivity index (χ3v) is 3.94. The third kappa shape index (κ3) is 3.48. The van der Waals surface area contributed by atoms with Crippen LogP contribution in [-0.2, 0) is 0 Å². The van der Waals surface area contributed by atoms with E-state index in [0.717, 1.165) is 18.4 Å². The Morgan fingerprint density at radius 1 is 1.26 bits per heavy atom. The van der Waals surface area contributed by atoms with Crippen molar-refractivity contribution in [2.45, 2.75) is 51.0 Å². The van der Waals surface area contributed by atoms with Gasteiger partial charge in [-0.3, -0.25) is 0 Å². The van der Waals surface area contributed by atoms with Crippen LogP contribution in [-0.4, -0.2) is 12.1 Å². The van der Waals surface area contributed by atoms with Crippen LogP contribution in [0, 0.1) is 18.3 Å². The Morgan fingerprint density at radius 3 is 2.58 bits per heavy atom. The Bertz CT molecular complexity index is 468. The fourth-order valence-electron chi connectivity index (χ4n) is 2.73. The van der Waals surface area contributed by atoms with Gasteiger partial charge in [-0.2, -0.15) is 5.26 Å². The van der Waals surface area contributed by atoms with E-state index in [2.05, 4.69) is 6.07 Å². The molecule has 1 aromatic rings. The van der Waals surface area contributed by atoms with Gasteiger partial charge in [0.05, 0.1) is 11.1 Å². The summed E-state index contributed by atoms with van der Waals surface area (Å²) in [6.45, 7) is 2.47. The molecule has 0 saturated heterocycles. The molecule has 0 spiro atoms. The highest BCUT2D eigenvalue weighted by Gasteiger charge is 2.27. The summed E-state index contributed by atoms with van der Waals surface area (Å²) in [6, 6.07) is 7.82. The number of aryl methyl sites for hydroxylation is 1. The van der Waals surface area contributed by atoms with Gasteiger partial charge in [0.1, 0.15) is 18.4 Å². The first kappa shape index (κ1) is 13.9. The molecular weight excluding hydrogens is 236 g/mol. The highest BCUT2D eigenvalue weighted by atomic mass is 16.5. The molecule has 1 saturated carbocycles. The molecular formula is C16H22N2O. The van der Waals surface area contributed by atoms with Crippen LogP contribution in [0.25, 0.3) is 0 Å². The molecule has 0 bridgehead atoms. The molecule has 0 aliphatic heterocycles. The Labute approximate surface area is 115 Å². The lowest BCUT2D eigenvalue weighted by Gasteiger charge is -2.28. The van der Waals surface area contributed by atoms with Crippen LogP contribution in [0.1, 0.15) is 49.7 Å². The van der Waals surface area contributed by atoms with Crippen molar-refractivity contribution in [2.75, 3.05) is 6.61 Å². The Morgan fingerprint density at radius 2 is 1.95 bits per heavy atom. The number of para-hydroxylation sites is 1. The summed E-state index contributed by atoms with van der Waals surface area (Å²) in [5.41, 5.74) is 7.80. The predicted molar refractivity (Wildman–Crippen MR) is 76.0 cm³/mol. The minimum atomic E-state index is -0.231. The number of hydrogen-bond acceptors (Lipinski definition) is 3. The second-order valence-electron chi connectivity index (χ2n) is 5.63. The van der Waals surface area contributed by atoms with E-state index in [1.165, 1.54) is 25.7 Å². The zero-order valence-electron chi connectivity index (χ0n) is 11.6. The molecule has 1 fully saturated rings. The standard InChI is InChI=1S/C16H22N2O/c1-13-7-6-8-14(11-17)15(13)19-12-16(18)9-4-2-3-5-10-16/h6-8H,2-5,9-10,12,18H2,1H3. The maximum absolute atomic E-state index is 9.13. The smallest absolute Gasteiger partial charge is 0.140 e. The first-order chi connectivity index (χ1) is 9.14. The van der Waals surface area contributed by atoms with Gasteiger partial charge in [-0.1, -0.05) is 37.8 Å². The van der Waals surface area contributed by atoms with E-state index in [-0.39, 0.29) is 5.54 Å². The van der Waals surface area contributed by atoms with Crippen LogP contribution in [0.4, 0.5) is 0 Å². The van der Waals surface area contributed by atoms with Gasteiger partial charge in [0.2, 0.25) is 0 Å². The molecule has 0 atom stereocenters. The fraction of sp³-hybridized carbons (Fsp3) is 0.562. The molecule has 0 radical (unpaired) electrons. The van der Waals surface area contributed by atoms with Crippen LogP contribution in [0.15, 0.2) is 18.2 Å². The zero-order chi connectivity index (χ0) is 13.7. The largest absolute Gasteiger partial charge is 0.490 e. The lowest BCUT2D eigenvalue weighted by Crippen LogP contribution is -2.45. The van der Waals surface area contributed by atoms with Crippen LogP contribution < -0.4 is 10.5 Å². The van der Waals surface area contributed by atoms with E-state index in [1.54, 1.807) is 6.07 Å². The summed E-state index contributed by atoms with van der Waals surface area (Å²) in [5, 5.41) is 9.13. The van der Waals surface area contributed by atoms with Crippen LogP contribution >= 0.6 is 0 Å². The minimum Gasteiger partial charge on any atom is -0.490 e. The maximum atomic E-state index is 9.13. The Balaban J connectivity index is 2.08. The quantitative estimate of drug-likeness (QED) is 0.846. The number of nitrogens with two attached hydrogens (primary N) is 1. The topological polar surface area (TPSA) is 59.0 Å². The number of rotatable bonds is 3. The highest BCUT2D eigenvalue weighted by Crippen LogP contribution is 2.28. The molecule has 1 aromatic carbocycles. The normalized spacial score (nSPS) is 18.4. The number of nitrogens with zero attached hydrogens (tertiary/aromatic N) is 1. The third-order valence-electron chi connectivity index (χ3n) is 3.94. The van der Waals surface area contributed by atoms with Gasteiger partial charge in [0.15, 0.2) is 0 Å². The van der Waals surface area contributed by atoms with E-state index < -0.39 is 0 Å². The summed E-state index contributed by atoms with van der Waals surface area (Å²) in [5.74, 6) is 0.694. The molecule has 2 N–H and O–H groups in total. The monoisotopic (exact) mass is 258 g/mol. The number of ether oxygens (including phenoxy) is 1. The van der Waals surface area contributed by atoms with E-state index in [1.807, 2.05) is 19.1 Å². The zero-order valence-corrected chi connectivity index (χ0v) is 11.6. The van der Waals surface area contributed by atoms with Crippen molar-refractivity contribution < 1.29 is 4.74 Å². The average Bonchev–Trinajstić information content (AvgIpc) is 2.62. The van der Waals surface area contributed by atoms with Gasteiger partial charge in [-0.15, -0.1) is 0 Å². The maximum Gasteiger partial charge on any atom is 0.140 e. The summed E-state index contributed by atoms with van der Waals surface area (Å²) < 4.78 is 5.91. The second-order valence-corrected chi connectivity index (χ2v) is 5.63.